The Labute approximate surface area is 111 Å². The van der Waals surface area contributed by atoms with Gasteiger partial charge in [-0.1, -0.05) is 0 Å². The second-order valence-electron chi connectivity index (χ2n) is 4.48. The van der Waals surface area contributed by atoms with Gasteiger partial charge in [-0.15, -0.1) is 0 Å². The van der Waals surface area contributed by atoms with Crippen LogP contribution in [0.3, 0.4) is 0 Å². The van der Waals surface area contributed by atoms with E-state index >= 15 is 0 Å². The maximum absolute atomic E-state index is 12.0. The molecule has 0 unspecified atom stereocenters. The molecular weight excluding hydrogens is 250 g/mol. The number of thiophene rings is 1. The zero-order chi connectivity index (χ0) is 12.8. The van der Waals surface area contributed by atoms with Gasteiger partial charge >= 0.3 is 0 Å². The first-order chi connectivity index (χ1) is 8.79. The van der Waals surface area contributed by atoms with E-state index < -0.39 is 0 Å². The standard InChI is InChI=1S/C13H19NO3S/c15-6-7-17-12-1-4-14(5-2-12)13(16)9-11-3-8-18-10-11/h3,8,10,12,15H,1-2,4-7,9H2. The number of likely N-dealkylation sites (tertiary alicyclic amines) is 1. The Morgan fingerprint density at radius 1 is 1.50 bits per heavy atom. The quantitative estimate of drug-likeness (QED) is 0.876. The van der Waals surface area contributed by atoms with Crippen molar-refractivity contribution in [1.29, 1.82) is 0 Å². The first-order valence-corrected chi connectivity index (χ1v) is 7.25. The molecule has 1 saturated heterocycles. The average molecular weight is 269 g/mol. The fourth-order valence-electron chi connectivity index (χ4n) is 2.17. The summed E-state index contributed by atoms with van der Waals surface area (Å²) in [6, 6.07) is 2.00. The molecule has 1 aromatic rings. The van der Waals surface area contributed by atoms with E-state index in [0.29, 0.717) is 13.0 Å². The molecule has 1 aliphatic rings. The van der Waals surface area contributed by atoms with Crippen LogP contribution in [-0.4, -0.2) is 48.3 Å². The molecule has 0 atom stereocenters. The van der Waals surface area contributed by atoms with E-state index in [1.165, 1.54) is 0 Å². The molecule has 0 bridgehead atoms. The molecule has 100 valence electrons. The van der Waals surface area contributed by atoms with Gasteiger partial charge in [0.2, 0.25) is 5.91 Å². The highest BCUT2D eigenvalue weighted by Gasteiger charge is 2.23. The van der Waals surface area contributed by atoms with Crippen LogP contribution in [0.25, 0.3) is 0 Å². The zero-order valence-corrected chi connectivity index (χ0v) is 11.2. The predicted octanol–water partition coefficient (Wildman–Crippen LogP) is 1.29. The zero-order valence-electron chi connectivity index (χ0n) is 10.4. The minimum absolute atomic E-state index is 0.0668. The number of rotatable bonds is 5. The van der Waals surface area contributed by atoms with Crippen LogP contribution in [0.2, 0.25) is 0 Å². The number of piperidine rings is 1. The maximum Gasteiger partial charge on any atom is 0.227 e. The predicted molar refractivity (Wildman–Crippen MR) is 70.7 cm³/mol. The molecule has 0 aliphatic carbocycles. The summed E-state index contributed by atoms with van der Waals surface area (Å²) in [6.45, 7) is 1.99. The number of hydrogen-bond acceptors (Lipinski definition) is 4. The van der Waals surface area contributed by atoms with E-state index in [4.69, 9.17) is 9.84 Å². The molecule has 1 aromatic heterocycles. The molecule has 5 heteroatoms. The molecule has 1 amide bonds. The third kappa shape index (κ3) is 3.80. The van der Waals surface area contributed by atoms with E-state index in [1.807, 2.05) is 21.7 Å². The van der Waals surface area contributed by atoms with Crippen LogP contribution in [-0.2, 0) is 16.0 Å². The summed E-state index contributed by atoms with van der Waals surface area (Å²) >= 11 is 1.62. The lowest BCUT2D eigenvalue weighted by Crippen LogP contribution is -2.41. The lowest BCUT2D eigenvalue weighted by molar-refractivity contribution is -0.133. The number of ether oxygens (including phenoxy) is 1. The Hall–Kier alpha value is -0.910. The van der Waals surface area contributed by atoms with Crippen molar-refractivity contribution in [1.82, 2.24) is 4.90 Å². The summed E-state index contributed by atoms with van der Waals surface area (Å²) in [5, 5.41) is 12.7. The summed E-state index contributed by atoms with van der Waals surface area (Å²) in [5.41, 5.74) is 1.10. The van der Waals surface area contributed by atoms with Crippen molar-refractivity contribution >= 4 is 17.2 Å². The van der Waals surface area contributed by atoms with Crippen LogP contribution in [0.15, 0.2) is 16.8 Å². The molecule has 1 N–H and O–H groups in total. The molecule has 1 fully saturated rings. The molecule has 2 rings (SSSR count). The molecule has 0 saturated carbocycles. The molecule has 18 heavy (non-hydrogen) atoms. The fraction of sp³-hybridized carbons (Fsp3) is 0.615. The van der Waals surface area contributed by atoms with Gasteiger partial charge in [-0.25, -0.2) is 0 Å². The second-order valence-corrected chi connectivity index (χ2v) is 5.26. The van der Waals surface area contributed by atoms with Gasteiger partial charge in [0, 0.05) is 13.1 Å². The van der Waals surface area contributed by atoms with Gasteiger partial charge in [-0.2, -0.15) is 11.3 Å². The monoisotopic (exact) mass is 269 g/mol. The highest BCUT2D eigenvalue weighted by molar-refractivity contribution is 7.07. The van der Waals surface area contributed by atoms with Crippen LogP contribution in [0.1, 0.15) is 18.4 Å². The Kier molecular flexibility index (Phi) is 5.16. The number of hydrogen-bond donors (Lipinski definition) is 1. The van der Waals surface area contributed by atoms with Crippen molar-refractivity contribution in [3.05, 3.63) is 22.4 Å². The van der Waals surface area contributed by atoms with Crippen LogP contribution >= 0.6 is 11.3 Å². The topological polar surface area (TPSA) is 49.8 Å². The van der Waals surface area contributed by atoms with Gasteiger partial charge in [-0.05, 0) is 35.2 Å². The van der Waals surface area contributed by atoms with Crippen molar-refractivity contribution in [3.63, 3.8) is 0 Å². The Morgan fingerprint density at radius 2 is 2.28 bits per heavy atom. The minimum atomic E-state index is 0.0668. The number of aliphatic hydroxyl groups is 1. The van der Waals surface area contributed by atoms with E-state index in [1.54, 1.807) is 11.3 Å². The molecule has 1 aliphatic heterocycles. The van der Waals surface area contributed by atoms with E-state index in [0.717, 1.165) is 31.5 Å². The first kappa shape index (κ1) is 13.5. The maximum atomic E-state index is 12.0. The lowest BCUT2D eigenvalue weighted by Gasteiger charge is -2.31. The fourth-order valence-corrected chi connectivity index (χ4v) is 2.84. The van der Waals surface area contributed by atoms with E-state index in [2.05, 4.69) is 0 Å². The Balaban J connectivity index is 1.73. The third-order valence-electron chi connectivity index (χ3n) is 3.17. The van der Waals surface area contributed by atoms with Crippen molar-refractivity contribution in [3.8, 4) is 0 Å². The summed E-state index contributed by atoms with van der Waals surface area (Å²) in [5.74, 6) is 0.203. The molecule has 0 aromatic carbocycles. The lowest BCUT2D eigenvalue weighted by atomic mass is 10.1. The van der Waals surface area contributed by atoms with E-state index in [9.17, 15) is 4.79 Å². The Bertz CT molecular complexity index is 358. The summed E-state index contributed by atoms with van der Waals surface area (Å²) in [7, 11) is 0. The first-order valence-electron chi connectivity index (χ1n) is 6.31. The molecule has 0 radical (unpaired) electrons. The molecule has 2 heterocycles. The van der Waals surface area contributed by atoms with Gasteiger partial charge in [0.05, 0.1) is 25.7 Å². The summed E-state index contributed by atoms with van der Waals surface area (Å²) in [4.78, 5) is 13.9. The second kappa shape index (κ2) is 6.87. The number of amides is 1. The average Bonchev–Trinajstić information content (AvgIpc) is 2.89. The number of carbonyl (C=O) groups excluding carboxylic acids is 1. The van der Waals surface area contributed by atoms with Crippen LogP contribution in [0.5, 0.6) is 0 Å². The molecule has 0 spiro atoms. The number of carbonyl (C=O) groups is 1. The van der Waals surface area contributed by atoms with Gasteiger partial charge in [0.1, 0.15) is 0 Å². The molecular formula is C13H19NO3S. The van der Waals surface area contributed by atoms with Gasteiger partial charge in [0.15, 0.2) is 0 Å². The number of nitrogens with zero attached hydrogens (tertiary/aromatic N) is 1. The summed E-state index contributed by atoms with van der Waals surface area (Å²) in [6.07, 6.45) is 2.44. The van der Waals surface area contributed by atoms with Gasteiger partial charge in [0.25, 0.3) is 0 Å². The van der Waals surface area contributed by atoms with Crippen molar-refractivity contribution < 1.29 is 14.6 Å². The Morgan fingerprint density at radius 3 is 2.89 bits per heavy atom. The largest absolute Gasteiger partial charge is 0.394 e. The van der Waals surface area contributed by atoms with Crippen LogP contribution in [0, 0.1) is 0 Å². The van der Waals surface area contributed by atoms with E-state index in [-0.39, 0.29) is 18.6 Å². The van der Waals surface area contributed by atoms with Crippen molar-refractivity contribution in [2.45, 2.75) is 25.4 Å². The smallest absolute Gasteiger partial charge is 0.227 e. The van der Waals surface area contributed by atoms with Crippen LogP contribution in [0.4, 0.5) is 0 Å². The highest BCUT2D eigenvalue weighted by atomic mass is 32.1. The van der Waals surface area contributed by atoms with Crippen LogP contribution < -0.4 is 0 Å². The van der Waals surface area contributed by atoms with Gasteiger partial charge in [-0.3, -0.25) is 4.79 Å². The SMILES string of the molecule is O=C(Cc1ccsc1)N1CCC(OCCO)CC1. The third-order valence-corrected chi connectivity index (χ3v) is 3.91. The number of aliphatic hydroxyl groups excluding tert-OH is 1. The highest BCUT2D eigenvalue weighted by Crippen LogP contribution is 2.15. The molecule has 4 nitrogen and oxygen atoms in total. The van der Waals surface area contributed by atoms with Gasteiger partial charge < -0.3 is 14.7 Å². The van der Waals surface area contributed by atoms with Crippen molar-refractivity contribution in [2.75, 3.05) is 26.3 Å². The normalized spacial score (nSPS) is 17.1. The van der Waals surface area contributed by atoms with Crippen molar-refractivity contribution in [2.24, 2.45) is 0 Å². The minimum Gasteiger partial charge on any atom is -0.394 e. The summed E-state index contributed by atoms with van der Waals surface area (Å²) < 4.78 is 5.48.